The van der Waals surface area contributed by atoms with E-state index in [1.54, 1.807) is 18.2 Å². The van der Waals surface area contributed by atoms with Crippen LogP contribution in [-0.4, -0.2) is 26.2 Å². The van der Waals surface area contributed by atoms with Crippen LogP contribution < -0.4 is 14.8 Å². The van der Waals surface area contributed by atoms with E-state index >= 15 is 0 Å². The standard InChI is InChI=1S/C13H17NO3/c1-3-9(7-14-2)13(15)10-4-5-11-12(6-10)17-8-16-11/h4-6,9,14H,3,7-8H2,1-2H3. The molecule has 0 bridgehead atoms. The fourth-order valence-corrected chi connectivity index (χ4v) is 1.95. The lowest BCUT2D eigenvalue weighted by Crippen LogP contribution is -2.25. The number of ether oxygens (including phenoxy) is 2. The maximum absolute atomic E-state index is 12.2. The third-order valence-electron chi connectivity index (χ3n) is 2.97. The molecular formula is C13H17NO3. The molecular weight excluding hydrogens is 218 g/mol. The number of hydrogen-bond acceptors (Lipinski definition) is 4. The zero-order valence-corrected chi connectivity index (χ0v) is 10.2. The molecule has 4 heteroatoms. The summed E-state index contributed by atoms with van der Waals surface area (Å²) in [6.07, 6.45) is 0.827. The maximum atomic E-state index is 12.2. The van der Waals surface area contributed by atoms with E-state index in [1.165, 1.54) is 0 Å². The lowest BCUT2D eigenvalue weighted by atomic mass is 9.95. The van der Waals surface area contributed by atoms with Crippen molar-refractivity contribution in [2.24, 2.45) is 5.92 Å². The number of rotatable bonds is 5. The highest BCUT2D eigenvalue weighted by Crippen LogP contribution is 2.33. The molecule has 0 aliphatic carbocycles. The van der Waals surface area contributed by atoms with Crippen LogP contribution in [-0.2, 0) is 0 Å². The summed E-state index contributed by atoms with van der Waals surface area (Å²) in [6, 6.07) is 5.36. The van der Waals surface area contributed by atoms with Crippen molar-refractivity contribution in [1.82, 2.24) is 5.32 Å². The fourth-order valence-electron chi connectivity index (χ4n) is 1.95. The van der Waals surface area contributed by atoms with Crippen molar-refractivity contribution in [3.8, 4) is 11.5 Å². The predicted molar refractivity (Wildman–Crippen MR) is 64.6 cm³/mol. The minimum Gasteiger partial charge on any atom is -0.454 e. The molecule has 92 valence electrons. The Morgan fingerprint density at radius 1 is 1.41 bits per heavy atom. The lowest BCUT2D eigenvalue weighted by Gasteiger charge is -2.13. The maximum Gasteiger partial charge on any atom is 0.231 e. The minimum atomic E-state index is 0.0142. The molecule has 0 spiro atoms. The molecule has 1 heterocycles. The summed E-state index contributed by atoms with van der Waals surface area (Å²) in [5.74, 6) is 1.54. The van der Waals surface area contributed by atoms with Gasteiger partial charge in [-0.2, -0.15) is 0 Å². The summed E-state index contributed by atoms with van der Waals surface area (Å²) in [4.78, 5) is 12.2. The molecule has 1 aliphatic heterocycles. The Kier molecular flexibility index (Phi) is 3.64. The van der Waals surface area contributed by atoms with Crippen molar-refractivity contribution in [3.63, 3.8) is 0 Å². The van der Waals surface area contributed by atoms with Gasteiger partial charge in [-0.15, -0.1) is 0 Å². The van der Waals surface area contributed by atoms with Crippen LogP contribution in [0.3, 0.4) is 0 Å². The van der Waals surface area contributed by atoms with Crippen LogP contribution in [0.2, 0.25) is 0 Å². The molecule has 2 rings (SSSR count). The van der Waals surface area contributed by atoms with Gasteiger partial charge in [0, 0.05) is 18.0 Å². The highest BCUT2D eigenvalue weighted by molar-refractivity contribution is 5.98. The van der Waals surface area contributed by atoms with Gasteiger partial charge in [-0.3, -0.25) is 4.79 Å². The Labute approximate surface area is 101 Å². The highest BCUT2D eigenvalue weighted by atomic mass is 16.7. The van der Waals surface area contributed by atoms with Gasteiger partial charge in [0.25, 0.3) is 0 Å². The molecule has 0 amide bonds. The van der Waals surface area contributed by atoms with Crippen molar-refractivity contribution >= 4 is 5.78 Å². The molecule has 0 aromatic heterocycles. The first-order chi connectivity index (χ1) is 8.26. The average Bonchev–Trinajstić information content (AvgIpc) is 2.82. The number of Topliss-reactive ketones (excluding diaryl/α,β-unsaturated/α-hetero) is 1. The first kappa shape index (κ1) is 11.9. The third kappa shape index (κ3) is 2.42. The van der Waals surface area contributed by atoms with Crippen molar-refractivity contribution in [2.75, 3.05) is 20.4 Å². The smallest absolute Gasteiger partial charge is 0.231 e. The quantitative estimate of drug-likeness (QED) is 0.791. The molecule has 17 heavy (non-hydrogen) atoms. The average molecular weight is 235 g/mol. The summed E-state index contributed by atoms with van der Waals surface area (Å²) in [5.41, 5.74) is 0.691. The van der Waals surface area contributed by atoms with Crippen molar-refractivity contribution < 1.29 is 14.3 Å². The Bertz CT molecular complexity index is 417. The van der Waals surface area contributed by atoms with Crippen molar-refractivity contribution in [1.29, 1.82) is 0 Å². The molecule has 1 aromatic rings. The molecule has 1 atom stereocenters. The second-order valence-electron chi connectivity index (χ2n) is 4.10. The Morgan fingerprint density at radius 3 is 2.88 bits per heavy atom. The molecule has 1 aliphatic rings. The number of fused-ring (bicyclic) bond motifs is 1. The number of ketones is 1. The second kappa shape index (κ2) is 5.19. The van der Waals surface area contributed by atoms with E-state index in [9.17, 15) is 4.79 Å². The van der Waals surface area contributed by atoms with E-state index in [2.05, 4.69) is 5.32 Å². The SMILES string of the molecule is CCC(CNC)C(=O)c1ccc2c(c1)OCO2. The summed E-state index contributed by atoms with van der Waals surface area (Å²) in [5, 5.41) is 3.04. The van der Waals surface area contributed by atoms with E-state index in [-0.39, 0.29) is 18.5 Å². The van der Waals surface area contributed by atoms with Crippen molar-refractivity contribution in [2.45, 2.75) is 13.3 Å². The van der Waals surface area contributed by atoms with Gasteiger partial charge in [-0.25, -0.2) is 0 Å². The normalized spacial score (nSPS) is 14.7. The summed E-state index contributed by atoms with van der Waals surface area (Å²) < 4.78 is 10.5. The fraction of sp³-hybridized carbons (Fsp3) is 0.462. The first-order valence-electron chi connectivity index (χ1n) is 5.84. The number of nitrogens with one attached hydrogen (secondary N) is 1. The number of hydrogen-bond donors (Lipinski definition) is 1. The van der Waals surface area contributed by atoms with Gasteiger partial charge in [0.05, 0.1) is 0 Å². The van der Waals surface area contributed by atoms with Gasteiger partial charge in [0.15, 0.2) is 17.3 Å². The van der Waals surface area contributed by atoms with E-state index in [1.807, 2.05) is 14.0 Å². The summed E-state index contributed by atoms with van der Waals surface area (Å²) in [7, 11) is 1.86. The molecule has 1 aromatic carbocycles. The number of carbonyl (C=O) groups excluding carboxylic acids is 1. The Morgan fingerprint density at radius 2 is 2.18 bits per heavy atom. The highest BCUT2D eigenvalue weighted by Gasteiger charge is 2.21. The van der Waals surface area contributed by atoms with Crippen LogP contribution in [0, 0.1) is 5.92 Å². The zero-order chi connectivity index (χ0) is 12.3. The molecule has 4 nitrogen and oxygen atoms in total. The van der Waals surface area contributed by atoms with E-state index in [0.717, 1.165) is 6.42 Å². The number of carbonyl (C=O) groups is 1. The topological polar surface area (TPSA) is 47.6 Å². The summed E-state index contributed by atoms with van der Waals surface area (Å²) >= 11 is 0. The Hall–Kier alpha value is -1.55. The van der Waals surface area contributed by atoms with E-state index < -0.39 is 0 Å². The Balaban J connectivity index is 2.19. The van der Waals surface area contributed by atoms with Crippen molar-refractivity contribution in [3.05, 3.63) is 23.8 Å². The van der Waals surface area contributed by atoms with Crippen LogP contribution in [0.25, 0.3) is 0 Å². The third-order valence-corrected chi connectivity index (χ3v) is 2.97. The van der Waals surface area contributed by atoms with Gasteiger partial charge in [-0.1, -0.05) is 6.92 Å². The molecule has 0 radical (unpaired) electrons. The molecule has 0 fully saturated rings. The largest absolute Gasteiger partial charge is 0.454 e. The van der Waals surface area contributed by atoms with Gasteiger partial charge < -0.3 is 14.8 Å². The van der Waals surface area contributed by atoms with E-state index in [4.69, 9.17) is 9.47 Å². The second-order valence-corrected chi connectivity index (χ2v) is 4.10. The van der Waals surface area contributed by atoms with Gasteiger partial charge in [-0.05, 0) is 31.7 Å². The molecule has 1 unspecified atom stereocenters. The molecule has 0 saturated carbocycles. The molecule has 1 N–H and O–H groups in total. The van der Waals surface area contributed by atoms with Gasteiger partial charge >= 0.3 is 0 Å². The van der Waals surface area contributed by atoms with Crippen LogP contribution in [0.1, 0.15) is 23.7 Å². The monoisotopic (exact) mass is 235 g/mol. The number of benzene rings is 1. The predicted octanol–water partition coefficient (Wildman–Crippen LogP) is 1.84. The summed E-state index contributed by atoms with van der Waals surface area (Å²) in [6.45, 7) is 2.96. The van der Waals surface area contributed by atoms with Crippen LogP contribution >= 0.6 is 0 Å². The van der Waals surface area contributed by atoms with Crippen LogP contribution in [0.4, 0.5) is 0 Å². The van der Waals surface area contributed by atoms with Crippen LogP contribution in [0.5, 0.6) is 11.5 Å². The minimum absolute atomic E-state index is 0.0142. The molecule has 0 saturated heterocycles. The first-order valence-corrected chi connectivity index (χ1v) is 5.84. The lowest BCUT2D eigenvalue weighted by molar-refractivity contribution is 0.0916. The van der Waals surface area contributed by atoms with E-state index in [0.29, 0.717) is 23.6 Å². The zero-order valence-electron chi connectivity index (χ0n) is 10.2. The van der Waals surface area contributed by atoms with Gasteiger partial charge in [0.1, 0.15) is 0 Å². The van der Waals surface area contributed by atoms with Crippen LogP contribution in [0.15, 0.2) is 18.2 Å². The van der Waals surface area contributed by atoms with Gasteiger partial charge in [0.2, 0.25) is 6.79 Å².